The summed E-state index contributed by atoms with van der Waals surface area (Å²) >= 11 is 0. The van der Waals surface area contributed by atoms with Gasteiger partial charge in [-0.2, -0.15) is 13.2 Å². The molecule has 11 heteroatoms. The number of hydrogen-bond acceptors (Lipinski definition) is 6. The van der Waals surface area contributed by atoms with Gasteiger partial charge in [-0.3, -0.25) is 14.4 Å². The number of nitrogens with zero attached hydrogens (tertiary/aromatic N) is 3. The number of aromatic amines is 1. The van der Waals surface area contributed by atoms with Crippen LogP contribution in [0.2, 0.25) is 0 Å². The molecular formula is C21H23F3N4O4. The predicted molar refractivity (Wildman–Crippen MR) is 107 cm³/mol. The summed E-state index contributed by atoms with van der Waals surface area (Å²) in [7, 11) is 0. The Balaban J connectivity index is 1.58. The van der Waals surface area contributed by atoms with Crippen LogP contribution in [0.5, 0.6) is 0 Å². The van der Waals surface area contributed by atoms with E-state index >= 15 is 0 Å². The summed E-state index contributed by atoms with van der Waals surface area (Å²) in [6.45, 7) is 2.92. The standard InChI is InChI=1S/C21H23F3N4O4/c1-2-32-20(31)13-8-10-28(11-9-13)17(29)7-6-16-19(30)25-18(27-26-16)14-4-3-5-15(12-14)21(22,23)24/h3-5,12-13H,2,6-11H2,1H3,(H,25,27,30). The third-order valence-corrected chi connectivity index (χ3v) is 5.27. The molecule has 0 aliphatic carbocycles. The largest absolute Gasteiger partial charge is 0.466 e. The van der Waals surface area contributed by atoms with Gasteiger partial charge in [0.25, 0.3) is 5.56 Å². The van der Waals surface area contributed by atoms with Crippen molar-refractivity contribution in [3.05, 3.63) is 45.9 Å². The van der Waals surface area contributed by atoms with Crippen LogP contribution in [0.4, 0.5) is 13.2 Å². The molecule has 0 atom stereocenters. The molecule has 8 nitrogen and oxygen atoms in total. The van der Waals surface area contributed by atoms with Gasteiger partial charge in [0.1, 0.15) is 5.69 Å². The number of ether oxygens (including phenoxy) is 1. The second-order valence-corrected chi connectivity index (χ2v) is 7.44. The highest BCUT2D eigenvalue weighted by molar-refractivity contribution is 5.77. The molecule has 1 aliphatic rings. The number of benzene rings is 1. The van der Waals surface area contributed by atoms with Crippen LogP contribution in [-0.2, 0) is 26.9 Å². The van der Waals surface area contributed by atoms with Gasteiger partial charge in [0, 0.05) is 31.5 Å². The van der Waals surface area contributed by atoms with Gasteiger partial charge in [-0.25, -0.2) is 0 Å². The van der Waals surface area contributed by atoms with Gasteiger partial charge in [-0.1, -0.05) is 12.1 Å². The van der Waals surface area contributed by atoms with Crippen molar-refractivity contribution in [3.63, 3.8) is 0 Å². The first-order chi connectivity index (χ1) is 15.2. The number of H-pyrrole nitrogens is 1. The Labute approximate surface area is 181 Å². The maximum absolute atomic E-state index is 12.9. The van der Waals surface area contributed by atoms with E-state index < -0.39 is 17.3 Å². The number of amides is 1. The molecule has 1 N–H and O–H groups in total. The van der Waals surface area contributed by atoms with Crippen molar-refractivity contribution in [2.75, 3.05) is 19.7 Å². The maximum atomic E-state index is 12.9. The van der Waals surface area contributed by atoms with Crippen LogP contribution >= 0.6 is 0 Å². The minimum absolute atomic E-state index is 0.0236. The summed E-state index contributed by atoms with van der Waals surface area (Å²) in [5.74, 6) is -0.717. The summed E-state index contributed by atoms with van der Waals surface area (Å²) < 4.78 is 43.7. The lowest BCUT2D eigenvalue weighted by Gasteiger charge is -2.30. The highest BCUT2D eigenvalue weighted by Crippen LogP contribution is 2.31. The van der Waals surface area contributed by atoms with Crippen LogP contribution in [0.15, 0.2) is 29.1 Å². The van der Waals surface area contributed by atoms with Gasteiger partial charge in [0.05, 0.1) is 18.1 Å². The van der Waals surface area contributed by atoms with Gasteiger partial charge in [-0.05, 0) is 31.9 Å². The van der Waals surface area contributed by atoms with E-state index in [2.05, 4.69) is 15.2 Å². The number of carbonyl (C=O) groups excluding carboxylic acids is 2. The second-order valence-electron chi connectivity index (χ2n) is 7.44. The minimum atomic E-state index is -4.52. The lowest BCUT2D eigenvalue weighted by molar-refractivity contribution is -0.151. The van der Waals surface area contributed by atoms with E-state index in [0.717, 1.165) is 12.1 Å². The molecule has 1 aromatic heterocycles. The predicted octanol–water partition coefficient (Wildman–Crippen LogP) is 2.59. The van der Waals surface area contributed by atoms with Crippen LogP contribution in [0.3, 0.4) is 0 Å². The number of rotatable bonds is 6. The number of alkyl halides is 3. The van der Waals surface area contributed by atoms with E-state index in [1.807, 2.05) is 0 Å². The molecule has 1 aromatic carbocycles. The van der Waals surface area contributed by atoms with Crippen LogP contribution in [0.1, 0.15) is 37.4 Å². The average Bonchev–Trinajstić information content (AvgIpc) is 2.78. The van der Waals surface area contributed by atoms with Gasteiger partial charge in [0.2, 0.25) is 5.91 Å². The van der Waals surface area contributed by atoms with Crippen molar-refractivity contribution in [2.45, 2.75) is 38.8 Å². The Bertz CT molecular complexity index is 1030. The lowest BCUT2D eigenvalue weighted by atomic mass is 9.96. The first-order valence-corrected chi connectivity index (χ1v) is 10.3. The monoisotopic (exact) mass is 452 g/mol. The summed E-state index contributed by atoms with van der Waals surface area (Å²) in [6.07, 6.45) is -3.39. The third-order valence-electron chi connectivity index (χ3n) is 5.27. The zero-order valence-corrected chi connectivity index (χ0v) is 17.4. The van der Waals surface area contributed by atoms with Crippen LogP contribution in [0.25, 0.3) is 11.4 Å². The molecule has 32 heavy (non-hydrogen) atoms. The second kappa shape index (κ2) is 9.92. The smallest absolute Gasteiger partial charge is 0.416 e. The van der Waals surface area contributed by atoms with Gasteiger partial charge < -0.3 is 14.6 Å². The number of nitrogens with one attached hydrogen (secondary N) is 1. The molecular weight excluding hydrogens is 429 g/mol. The topological polar surface area (TPSA) is 105 Å². The fraction of sp³-hybridized carbons (Fsp3) is 0.476. The van der Waals surface area contributed by atoms with E-state index in [1.165, 1.54) is 12.1 Å². The molecule has 2 heterocycles. The number of hydrogen-bond donors (Lipinski definition) is 1. The minimum Gasteiger partial charge on any atom is -0.466 e. The Kier molecular flexibility index (Phi) is 7.26. The molecule has 0 unspecified atom stereocenters. The first kappa shape index (κ1) is 23.4. The molecule has 1 amide bonds. The molecule has 1 aliphatic heterocycles. The summed E-state index contributed by atoms with van der Waals surface area (Å²) in [5, 5.41) is 7.63. The van der Waals surface area contributed by atoms with E-state index in [1.54, 1.807) is 11.8 Å². The van der Waals surface area contributed by atoms with Gasteiger partial charge in [0.15, 0.2) is 5.82 Å². The number of aryl methyl sites for hydroxylation is 1. The maximum Gasteiger partial charge on any atom is 0.416 e. The van der Waals surface area contributed by atoms with E-state index in [0.29, 0.717) is 32.5 Å². The number of piperidine rings is 1. The van der Waals surface area contributed by atoms with Crippen LogP contribution in [-0.4, -0.2) is 51.7 Å². The molecule has 1 fully saturated rings. The molecule has 0 spiro atoms. The van der Waals surface area contributed by atoms with Crippen molar-refractivity contribution < 1.29 is 27.5 Å². The number of aromatic nitrogens is 3. The fourth-order valence-electron chi connectivity index (χ4n) is 3.50. The normalized spacial score (nSPS) is 14.9. The fourth-order valence-corrected chi connectivity index (χ4v) is 3.50. The van der Waals surface area contributed by atoms with Crippen LogP contribution < -0.4 is 5.56 Å². The van der Waals surface area contributed by atoms with Gasteiger partial charge in [-0.15, -0.1) is 10.2 Å². The van der Waals surface area contributed by atoms with Crippen molar-refractivity contribution >= 4 is 11.9 Å². The summed E-state index contributed by atoms with van der Waals surface area (Å²) in [4.78, 5) is 40.6. The lowest BCUT2D eigenvalue weighted by Crippen LogP contribution is -2.40. The molecule has 1 saturated heterocycles. The van der Waals surface area contributed by atoms with Gasteiger partial charge >= 0.3 is 12.1 Å². The number of likely N-dealkylation sites (tertiary alicyclic amines) is 1. The van der Waals surface area contributed by atoms with Crippen molar-refractivity contribution in [3.8, 4) is 11.4 Å². The van der Waals surface area contributed by atoms with E-state index in [4.69, 9.17) is 4.74 Å². The number of esters is 1. The molecule has 2 aromatic rings. The Morgan fingerprint density at radius 2 is 1.94 bits per heavy atom. The van der Waals surface area contributed by atoms with E-state index in [-0.39, 0.29) is 47.7 Å². The number of halogens is 3. The zero-order valence-electron chi connectivity index (χ0n) is 17.4. The Hall–Kier alpha value is -3.24. The molecule has 0 saturated carbocycles. The Morgan fingerprint density at radius 1 is 1.22 bits per heavy atom. The summed E-state index contributed by atoms with van der Waals surface area (Å²) in [5.41, 5.74) is -1.37. The molecule has 0 radical (unpaired) electrons. The highest BCUT2D eigenvalue weighted by atomic mass is 19.4. The first-order valence-electron chi connectivity index (χ1n) is 10.3. The van der Waals surface area contributed by atoms with Crippen molar-refractivity contribution in [2.24, 2.45) is 5.92 Å². The molecule has 3 rings (SSSR count). The number of carbonyl (C=O) groups is 2. The highest BCUT2D eigenvalue weighted by Gasteiger charge is 2.31. The zero-order chi connectivity index (χ0) is 23.3. The average molecular weight is 452 g/mol. The molecule has 172 valence electrons. The SMILES string of the molecule is CCOC(=O)C1CCN(C(=O)CCc2nnc(-c3cccc(C(F)(F)F)c3)[nH]c2=O)CC1. The van der Waals surface area contributed by atoms with Crippen molar-refractivity contribution in [1.29, 1.82) is 0 Å². The van der Waals surface area contributed by atoms with Crippen molar-refractivity contribution in [1.82, 2.24) is 20.1 Å². The summed E-state index contributed by atoms with van der Waals surface area (Å²) in [6, 6.07) is 4.40. The molecule has 0 bridgehead atoms. The van der Waals surface area contributed by atoms with Crippen LogP contribution in [0, 0.1) is 5.92 Å². The van der Waals surface area contributed by atoms with E-state index in [9.17, 15) is 27.6 Å². The Morgan fingerprint density at radius 3 is 2.56 bits per heavy atom. The third kappa shape index (κ3) is 5.71. The quantitative estimate of drug-likeness (QED) is 0.676.